The average Bonchev–Trinajstić information content (AvgIpc) is 2.58. The van der Waals surface area contributed by atoms with Crippen LogP contribution in [-0.4, -0.2) is 29.6 Å². The number of aryl methyl sites for hydroxylation is 1. The largest absolute Gasteiger partial charge is 0.478 e. The maximum Gasteiger partial charge on any atom is 0.339 e. The van der Waals surface area contributed by atoms with Gasteiger partial charge in [0.25, 0.3) is 0 Å². The monoisotopic (exact) mass is 254 g/mol. The molecule has 0 saturated carbocycles. The van der Waals surface area contributed by atoms with Gasteiger partial charge in [-0.15, -0.1) is 0 Å². The number of carboxylic acids is 1. The maximum atomic E-state index is 11.3. The lowest BCUT2D eigenvalue weighted by atomic mass is 10.2. The summed E-state index contributed by atoms with van der Waals surface area (Å²) in [6.45, 7) is 5.85. The topological polar surface area (TPSA) is 91.6 Å². The lowest BCUT2D eigenvalue weighted by Crippen LogP contribution is -2.37. The predicted molar refractivity (Wildman–Crippen MR) is 65.4 cm³/mol. The molecule has 6 heteroatoms. The van der Waals surface area contributed by atoms with Gasteiger partial charge in [-0.2, -0.15) is 0 Å². The van der Waals surface area contributed by atoms with Crippen LogP contribution in [0.25, 0.3) is 0 Å². The lowest BCUT2D eigenvalue weighted by Gasteiger charge is -2.08. The number of amides is 1. The standard InChI is InChI=1S/C12H18N2O4/c1-7(2)14-11(15)6-13-5-9-4-10(12(16)17)8(3)18-9/h4,7,13H,5-6H2,1-3H3,(H,14,15)(H,16,17). The fourth-order valence-electron chi connectivity index (χ4n) is 1.52. The summed E-state index contributed by atoms with van der Waals surface area (Å²) in [6, 6.07) is 1.56. The minimum Gasteiger partial charge on any atom is -0.478 e. The number of carbonyl (C=O) groups excluding carboxylic acids is 1. The van der Waals surface area contributed by atoms with Crippen LogP contribution in [0.4, 0.5) is 0 Å². The number of aromatic carboxylic acids is 1. The Hall–Kier alpha value is -1.82. The average molecular weight is 254 g/mol. The van der Waals surface area contributed by atoms with Gasteiger partial charge in [-0.25, -0.2) is 4.79 Å². The number of furan rings is 1. The van der Waals surface area contributed by atoms with E-state index < -0.39 is 5.97 Å². The number of rotatable bonds is 6. The summed E-state index contributed by atoms with van der Waals surface area (Å²) in [4.78, 5) is 22.1. The predicted octanol–water partition coefficient (Wildman–Crippen LogP) is 0.900. The molecule has 1 aromatic heterocycles. The smallest absolute Gasteiger partial charge is 0.339 e. The van der Waals surface area contributed by atoms with E-state index in [1.54, 1.807) is 6.92 Å². The Morgan fingerprint density at radius 3 is 2.61 bits per heavy atom. The second-order valence-electron chi connectivity index (χ2n) is 4.31. The van der Waals surface area contributed by atoms with Crippen LogP contribution in [0.3, 0.4) is 0 Å². The maximum absolute atomic E-state index is 11.3. The molecule has 0 aliphatic rings. The zero-order valence-corrected chi connectivity index (χ0v) is 10.7. The Balaban J connectivity index is 2.42. The van der Waals surface area contributed by atoms with Crippen LogP contribution in [0.5, 0.6) is 0 Å². The van der Waals surface area contributed by atoms with Gasteiger partial charge in [0, 0.05) is 6.04 Å². The van der Waals surface area contributed by atoms with Crippen molar-refractivity contribution in [3.05, 3.63) is 23.2 Å². The highest BCUT2D eigenvalue weighted by Crippen LogP contribution is 2.14. The van der Waals surface area contributed by atoms with Gasteiger partial charge in [-0.1, -0.05) is 0 Å². The normalized spacial score (nSPS) is 10.7. The molecule has 0 saturated heterocycles. The molecule has 1 heterocycles. The second-order valence-corrected chi connectivity index (χ2v) is 4.31. The zero-order chi connectivity index (χ0) is 13.7. The van der Waals surface area contributed by atoms with Gasteiger partial charge in [0.05, 0.1) is 13.1 Å². The minimum atomic E-state index is -1.01. The SMILES string of the molecule is Cc1oc(CNCC(=O)NC(C)C)cc1C(=O)O. The zero-order valence-electron chi connectivity index (χ0n) is 10.7. The molecule has 0 bridgehead atoms. The second kappa shape index (κ2) is 6.20. The molecule has 6 nitrogen and oxygen atoms in total. The van der Waals surface area contributed by atoms with Crippen molar-refractivity contribution >= 4 is 11.9 Å². The summed E-state index contributed by atoms with van der Waals surface area (Å²) >= 11 is 0. The van der Waals surface area contributed by atoms with E-state index in [1.807, 2.05) is 13.8 Å². The van der Waals surface area contributed by atoms with E-state index in [1.165, 1.54) is 6.07 Å². The van der Waals surface area contributed by atoms with Gasteiger partial charge >= 0.3 is 5.97 Å². The summed E-state index contributed by atoms with van der Waals surface area (Å²) in [5.41, 5.74) is 0.151. The Morgan fingerprint density at radius 2 is 2.11 bits per heavy atom. The molecule has 1 rings (SSSR count). The summed E-state index contributed by atoms with van der Waals surface area (Å²) in [7, 11) is 0. The van der Waals surface area contributed by atoms with Crippen LogP contribution >= 0.6 is 0 Å². The van der Waals surface area contributed by atoms with Gasteiger partial charge in [0.15, 0.2) is 0 Å². The number of nitrogens with one attached hydrogen (secondary N) is 2. The van der Waals surface area contributed by atoms with Crippen molar-refractivity contribution < 1.29 is 19.1 Å². The molecule has 3 N–H and O–H groups in total. The van der Waals surface area contributed by atoms with Crippen molar-refractivity contribution in [2.24, 2.45) is 0 Å². The molecule has 0 radical (unpaired) electrons. The summed E-state index contributed by atoms with van der Waals surface area (Å²) in [5, 5.41) is 14.5. The Labute approximate surface area is 105 Å². The van der Waals surface area contributed by atoms with Crippen molar-refractivity contribution in [2.45, 2.75) is 33.4 Å². The first-order valence-corrected chi connectivity index (χ1v) is 5.73. The first-order valence-electron chi connectivity index (χ1n) is 5.73. The number of carboxylic acid groups (broad SMARTS) is 1. The highest BCUT2D eigenvalue weighted by molar-refractivity contribution is 5.88. The molecule has 0 aliphatic carbocycles. The van der Waals surface area contributed by atoms with Gasteiger partial charge in [-0.05, 0) is 26.8 Å². The molecule has 0 aliphatic heterocycles. The minimum absolute atomic E-state index is 0.101. The third-order valence-electron chi connectivity index (χ3n) is 2.23. The van der Waals surface area contributed by atoms with E-state index in [2.05, 4.69) is 10.6 Å². The highest BCUT2D eigenvalue weighted by atomic mass is 16.4. The molecule has 0 fully saturated rings. The van der Waals surface area contributed by atoms with Crippen molar-refractivity contribution in [3.63, 3.8) is 0 Å². The van der Waals surface area contributed by atoms with Gasteiger partial charge in [-0.3, -0.25) is 4.79 Å². The van der Waals surface area contributed by atoms with Crippen LogP contribution in [-0.2, 0) is 11.3 Å². The lowest BCUT2D eigenvalue weighted by molar-refractivity contribution is -0.120. The first kappa shape index (κ1) is 14.2. The number of hydrogen-bond acceptors (Lipinski definition) is 4. The summed E-state index contributed by atoms with van der Waals surface area (Å²) < 4.78 is 5.26. The van der Waals surface area contributed by atoms with E-state index in [4.69, 9.17) is 9.52 Å². The number of carbonyl (C=O) groups is 2. The molecule has 0 spiro atoms. The van der Waals surface area contributed by atoms with Crippen LogP contribution < -0.4 is 10.6 Å². The van der Waals surface area contributed by atoms with Crippen LogP contribution in [0.1, 0.15) is 35.7 Å². The molecule has 1 amide bonds. The van der Waals surface area contributed by atoms with E-state index in [0.717, 1.165) is 0 Å². The van der Waals surface area contributed by atoms with Crippen LogP contribution in [0, 0.1) is 6.92 Å². The summed E-state index contributed by atoms with van der Waals surface area (Å²) in [5.74, 6) is -0.250. The molecule has 0 aromatic carbocycles. The van der Waals surface area contributed by atoms with Gasteiger partial charge < -0.3 is 20.2 Å². The summed E-state index contributed by atoms with van der Waals surface area (Å²) in [6.07, 6.45) is 0. The van der Waals surface area contributed by atoms with Crippen molar-refractivity contribution in [3.8, 4) is 0 Å². The molecule has 0 atom stereocenters. The molecule has 1 aromatic rings. The Kier molecular flexibility index (Phi) is 4.91. The van der Waals surface area contributed by atoms with Crippen molar-refractivity contribution in [2.75, 3.05) is 6.54 Å². The molecule has 100 valence electrons. The molecular weight excluding hydrogens is 236 g/mol. The highest BCUT2D eigenvalue weighted by Gasteiger charge is 2.13. The van der Waals surface area contributed by atoms with E-state index in [-0.39, 0.29) is 24.1 Å². The van der Waals surface area contributed by atoms with E-state index in [9.17, 15) is 9.59 Å². The first-order chi connectivity index (χ1) is 8.40. The van der Waals surface area contributed by atoms with Gasteiger partial charge in [0.2, 0.25) is 5.91 Å². The third-order valence-corrected chi connectivity index (χ3v) is 2.23. The fourth-order valence-corrected chi connectivity index (χ4v) is 1.52. The third kappa shape index (κ3) is 4.21. The van der Waals surface area contributed by atoms with Crippen LogP contribution in [0.2, 0.25) is 0 Å². The fraction of sp³-hybridized carbons (Fsp3) is 0.500. The quantitative estimate of drug-likeness (QED) is 0.701. The number of hydrogen-bond donors (Lipinski definition) is 3. The molecule has 0 unspecified atom stereocenters. The van der Waals surface area contributed by atoms with Gasteiger partial charge in [0.1, 0.15) is 17.1 Å². The Bertz CT molecular complexity index is 437. The van der Waals surface area contributed by atoms with E-state index >= 15 is 0 Å². The van der Waals surface area contributed by atoms with Crippen LogP contribution in [0.15, 0.2) is 10.5 Å². The Morgan fingerprint density at radius 1 is 1.44 bits per heavy atom. The van der Waals surface area contributed by atoms with Crippen molar-refractivity contribution in [1.82, 2.24) is 10.6 Å². The molecular formula is C12H18N2O4. The van der Waals surface area contributed by atoms with E-state index in [0.29, 0.717) is 18.1 Å². The van der Waals surface area contributed by atoms with Crippen molar-refractivity contribution in [1.29, 1.82) is 0 Å². The molecule has 18 heavy (non-hydrogen) atoms.